The first-order chi connectivity index (χ1) is 9.45. The molecule has 0 aromatic carbocycles. The van der Waals surface area contributed by atoms with E-state index in [0.29, 0.717) is 16.7 Å². The molecule has 0 atom stereocenters. The van der Waals surface area contributed by atoms with Crippen molar-refractivity contribution in [1.29, 1.82) is 0 Å². The average Bonchev–Trinajstić information content (AvgIpc) is 2.82. The maximum absolute atomic E-state index is 11.9. The van der Waals surface area contributed by atoms with Crippen LogP contribution in [0.4, 0.5) is 10.8 Å². The highest BCUT2D eigenvalue weighted by Crippen LogP contribution is 2.21. The Kier molecular flexibility index (Phi) is 4.19. The zero-order chi connectivity index (χ0) is 14.7. The second kappa shape index (κ2) is 5.87. The molecule has 7 heteroatoms. The predicted octanol–water partition coefficient (Wildman–Crippen LogP) is 1.65. The van der Waals surface area contributed by atoms with Crippen molar-refractivity contribution in [3.63, 3.8) is 0 Å². The summed E-state index contributed by atoms with van der Waals surface area (Å²) >= 11 is 1.37. The molecule has 0 aliphatic carbocycles. The number of nitrogens with two attached hydrogens (primary N) is 1. The Hall–Kier alpha value is -2.15. The number of anilines is 2. The van der Waals surface area contributed by atoms with Gasteiger partial charge < -0.3 is 15.6 Å². The molecule has 2 heterocycles. The molecular formula is C13H16N4O2S. The number of carbonyl (C=O) groups excluding carboxylic acids is 1. The van der Waals surface area contributed by atoms with Crippen LogP contribution < -0.4 is 16.6 Å². The van der Waals surface area contributed by atoms with E-state index >= 15 is 0 Å². The van der Waals surface area contributed by atoms with E-state index in [2.05, 4.69) is 10.3 Å². The molecule has 2 aromatic rings. The number of amides is 1. The van der Waals surface area contributed by atoms with Gasteiger partial charge in [-0.05, 0) is 12.0 Å². The van der Waals surface area contributed by atoms with Crippen molar-refractivity contribution < 1.29 is 4.79 Å². The van der Waals surface area contributed by atoms with E-state index in [1.165, 1.54) is 34.2 Å². The van der Waals surface area contributed by atoms with Crippen LogP contribution in [0, 0.1) is 0 Å². The van der Waals surface area contributed by atoms with Gasteiger partial charge in [0.15, 0.2) is 5.13 Å². The first-order valence-electron chi connectivity index (χ1n) is 6.17. The van der Waals surface area contributed by atoms with Gasteiger partial charge in [0.1, 0.15) is 6.54 Å². The van der Waals surface area contributed by atoms with Gasteiger partial charge in [0, 0.05) is 23.3 Å². The molecule has 3 N–H and O–H groups in total. The van der Waals surface area contributed by atoms with E-state index in [4.69, 9.17) is 5.73 Å². The van der Waals surface area contributed by atoms with Crippen molar-refractivity contribution in [1.82, 2.24) is 9.55 Å². The summed E-state index contributed by atoms with van der Waals surface area (Å²) in [6, 6.07) is 2.84. The van der Waals surface area contributed by atoms with Gasteiger partial charge in [-0.2, -0.15) is 0 Å². The number of carbonyl (C=O) groups is 1. The summed E-state index contributed by atoms with van der Waals surface area (Å²) in [4.78, 5) is 27.8. The van der Waals surface area contributed by atoms with Crippen molar-refractivity contribution in [3.8, 4) is 0 Å². The molecule has 0 aliphatic heterocycles. The Morgan fingerprint density at radius 1 is 1.50 bits per heavy atom. The SMILES string of the molecule is CC(C)c1csc(NC(=O)Cn2cc(N)ccc2=O)n1. The molecule has 106 valence electrons. The third kappa shape index (κ3) is 3.45. The minimum atomic E-state index is -0.303. The summed E-state index contributed by atoms with van der Waals surface area (Å²) in [5.41, 5.74) is 6.70. The molecule has 6 nitrogen and oxygen atoms in total. The fourth-order valence-electron chi connectivity index (χ4n) is 1.60. The Bertz CT molecular complexity index is 675. The van der Waals surface area contributed by atoms with Crippen LogP contribution in [0.1, 0.15) is 25.5 Å². The summed E-state index contributed by atoms with van der Waals surface area (Å²) in [5, 5.41) is 5.13. The van der Waals surface area contributed by atoms with Gasteiger partial charge in [-0.15, -0.1) is 11.3 Å². The predicted molar refractivity (Wildman–Crippen MR) is 79.9 cm³/mol. The van der Waals surface area contributed by atoms with Gasteiger partial charge >= 0.3 is 0 Å². The highest BCUT2D eigenvalue weighted by atomic mass is 32.1. The highest BCUT2D eigenvalue weighted by Gasteiger charge is 2.10. The Labute approximate surface area is 120 Å². The van der Waals surface area contributed by atoms with Gasteiger partial charge in [0.05, 0.1) is 5.69 Å². The fourth-order valence-corrected chi connectivity index (χ4v) is 2.48. The van der Waals surface area contributed by atoms with Crippen LogP contribution >= 0.6 is 11.3 Å². The lowest BCUT2D eigenvalue weighted by atomic mass is 10.2. The number of aromatic nitrogens is 2. The summed E-state index contributed by atoms with van der Waals surface area (Å²) in [6.45, 7) is 3.99. The van der Waals surface area contributed by atoms with Gasteiger partial charge in [-0.3, -0.25) is 9.59 Å². The molecule has 20 heavy (non-hydrogen) atoms. The number of nitrogens with zero attached hydrogens (tertiary/aromatic N) is 2. The first-order valence-corrected chi connectivity index (χ1v) is 7.05. The van der Waals surface area contributed by atoms with E-state index < -0.39 is 0 Å². The molecule has 0 saturated carbocycles. The van der Waals surface area contributed by atoms with E-state index in [1.807, 2.05) is 19.2 Å². The summed E-state index contributed by atoms with van der Waals surface area (Å²) in [7, 11) is 0. The van der Waals surface area contributed by atoms with Crippen molar-refractivity contribution in [2.75, 3.05) is 11.1 Å². The number of thiazole rings is 1. The molecule has 0 unspecified atom stereocenters. The molecule has 0 spiro atoms. The largest absolute Gasteiger partial charge is 0.398 e. The second-order valence-corrected chi connectivity index (χ2v) is 5.57. The second-order valence-electron chi connectivity index (χ2n) is 4.71. The first kappa shape index (κ1) is 14.3. The van der Waals surface area contributed by atoms with Crippen molar-refractivity contribution in [3.05, 3.63) is 39.8 Å². The Morgan fingerprint density at radius 3 is 2.90 bits per heavy atom. The zero-order valence-corrected chi connectivity index (χ0v) is 12.1. The lowest BCUT2D eigenvalue weighted by Crippen LogP contribution is -2.27. The average molecular weight is 292 g/mol. The number of rotatable bonds is 4. The van der Waals surface area contributed by atoms with E-state index in [9.17, 15) is 9.59 Å². The minimum Gasteiger partial charge on any atom is -0.398 e. The molecule has 0 saturated heterocycles. The van der Waals surface area contributed by atoms with Crippen LogP contribution in [-0.4, -0.2) is 15.5 Å². The van der Waals surface area contributed by atoms with Gasteiger partial charge in [0.2, 0.25) is 5.91 Å². The highest BCUT2D eigenvalue weighted by molar-refractivity contribution is 7.13. The molecular weight excluding hydrogens is 276 g/mol. The molecule has 0 radical (unpaired) electrons. The van der Waals surface area contributed by atoms with Gasteiger partial charge in [-0.1, -0.05) is 13.8 Å². The number of hydrogen-bond acceptors (Lipinski definition) is 5. The van der Waals surface area contributed by atoms with Gasteiger partial charge in [-0.25, -0.2) is 4.98 Å². The number of pyridine rings is 1. The topological polar surface area (TPSA) is 90.0 Å². The van der Waals surface area contributed by atoms with Crippen molar-refractivity contribution in [2.24, 2.45) is 0 Å². The molecule has 1 amide bonds. The number of nitrogen functional groups attached to an aromatic ring is 1. The van der Waals surface area contributed by atoms with Gasteiger partial charge in [0.25, 0.3) is 5.56 Å². The number of hydrogen-bond donors (Lipinski definition) is 2. The fraction of sp³-hybridized carbons (Fsp3) is 0.308. The zero-order valence-electron chi connectivity index (χ0n) is 11.3. The van der Waals surface area contributed by atoms with Crippen molar-refractivity contribution >= 4 is 28.1 Å². The lowest BCUT2D eigenvalue weighted by molar-refractivity contribution is -0.116. The third-order valence-corrected chi connectivity index (χ3v) is 3.46. The summed E-state index contributed by atoms with van der Waals surface area (Å²) in [5.74, 6) is 0.01000. The summed E-state index contributed by atoms with van der Waals surface area (Å²) < 4.78 is 1.27. The Balaban J connectivity index is 2.05. The summed E-state index contributed by atoms with van der Waals surface area (Å²) in [6.07, 6.45) is 1.45. The van der Waals surface area contributed by atoms with Crippen LogP contribution in [0.5, 0.6) is 0 Å². The van der Waals surface area contributed by atoms with Crippen LogP contribution in [-0.2, 0) is 11.3 Å². The van der Waals surface area contributed by atoms with Crippen molar-refractivity contribution in [2.45, 2.75) is 26.3 Å². The standard InChI is InChI=1S/C13H16N4O2S/c1-8(2)10-7-20-13(15-10)16-11(18)6-17-5-9(14)3-4-12(17)19/h3-5,7-8H,6,14H2,1-2H3,(H,15,16,18). The smallest absolute Gasteiger partial charge is 0.251 e. The minimum absolute atomic E-state index is 0.0829. The van der Waals surface area contributed by atoms with Crippen LogP contribution in [0.3, 0.4) is 0 Å². The quantitative estimate of drug-likeness (QED) is 0.896. The van der Waals surface area contributed by atoms with E-state index in [0.717, 1.165) is 5.69 Å². The lowest BCUT2D eigenvalue weighted by Gasteiger charge is -2.06. The molecule has 0 aliphatic rings. The molecule has 2 aromatic heterocycles. The molecule has 2 rings (SSSR count). The Morgan fingerprint density at radius 2 is 2.25 bits per heavy atom. The maximum Gasteiger partial charge on any atom is 0.251 e. The van der Waals surface area contributed by atoms with Crippen LogP contribution in [0.2, 0.25) is 0 Å². The molecule has 0 bridgehead atoms. The third-order valence-electron chi connectivity index (χ3n) is 2.68. The number of nitrogens with one attached hydrogen (secondary N) is 1. The van der Waals surface area contributed by atoms with E-state index in [-0.39, 0.29) is 18.0 Å². The monoisotopic (exact) mass is 292 g/mol. The maximum atomic E-state index is 11.9. The normalized spacial score (nSPS) is 10.8. The molecule has 0 fully saturated rings. The van der Waals surface area contributed by atoms with Crippen LogP contribution in [0.25, 0.3) is 0 Å². The van der Waals surface area contributed by atoms with Crippen LogP contribution in [0.15, 0.2) is 28.5 Å². The van der Waals surface area contributed by atoms with E-state index in [1.54, 1.807) is 0 Å².